The number of hydrogen-bond donors (Lipinski definition) is 2. The zero-order valence-corrected chi connectivity index (χ0v) is 9.48. The van der Waals surface area contributed by atoms with Crippen molar-refractivity contribution in [3.63, 3.8) is 0 Å². The third-order valence-corrected chi connectivity index (χ3v) is 2.73. The monoisotopic (exact) mass is 243 g/mol. The number of fused-ring (bicyclic) bond motifs is 2. The van der Waals surface area contributed by atoms with Gasteiger partial charge in [0.15, 0.2) is 0 Å². The number of ether oxygens (including phenoxy) is 1. The Bertz CT molecular complexity index is 864. The molecule has 0 saturated carbocycles. The van der Waals surface area contributed by atoms with Crippen LogP contribution in [0.25, 0.3) is 21.9 Å². The van der Waals surface area contributed by atoms with Gasteiger partial charge in [0, 0.05) is 11.5 Å². The number of hydrogen-bond acceptors (Lipinski definition) is 4. The molecular formula is C12H9N3O3. The van der Waals surface area contributed by atoms with E-state index in [0.29, 0.717) is 16.7 Å². The number of rotatable bonds is 1. The quantitative estimate of drug-likeness (QED) is 0.618. The van der Waals surface area contributed by atoms with Crippen molar-refractivity contribution in [1.82, 2.24) is 15.0 Å². The van der Waals surface area contributed by atoms with Crippen molar-refractivity contribution < 1.29 is 4.74 Å². The fraction of sp³-hybridized carbons (Fsp3) is 0.0833. The van der Waals surface area contributed by atoms with E-state index in [1.165, 1.54) is 0 Å². The number of aromatic amines is 2. The number of methoxy groups -OCH3 is 1. The zero-order valence-electron chi connectivity index (χ0n) is 9.48. The van der Waals surface area contributed by atoms with E-state index in [1.54, 1.807) is 25.3 Å². The highest BCUT2D eigenvalue weighted by molar-refractivity contribution is 5.91. The van der Waals surface area contributed by atoms with Crippen molar-refractivity contribution in [2.45, 2.75) is 0 Å². The van der Waals surface area contributed by atoms with Crippen LogP contribution in [0, 0.1) is 0 Å². The van der Waals surface area contributed by atoms with Gasteiger partial charge in [0.1, 0.15) is 11.4 Å². The van der Waals surface area contributed by atoms with Crippen LogP contribution in [0.5, 0.6) is 5.75 Å². The topological polar surface area (TPSA) is 87.8 Å². The minimum absolute atomic E-state index is 0.268. The van der Waals surface area contributed by atoms with E-state index >= 15 is 0 Å². The fourth-order valence-corrected chi connectivity index (χ4v) is 1.85. The lowest BCUT2D eigenvalue weighted by atomic mass is 10.2. The second-order valence-corrected chi connectivity index (χ2v) is 3.85. The van der Waals surface area contributed by atoms with E-state index in [4.69, 9.17) is 4.74 Å². The lowest BCUT2D eigenvalue weighted by Gasteiger charge is -2.03. The summed E-state index contributed by atoms with van der Waals surface area (Å²) in [5, 5.41) is 1.16. The summed E-state index contributed by atoms with van der Waals surface area (Å²) in [5.41, 5.74) is -0.0891. The number of nitrogens with zero attached hydrogens (tertiary/aromatic N) is 1. The molecule has 6 heteroatoms. The summed E-state index contributed by atoms with van der Waals surface area (Å²) in [6.07, 6.45) is 0. The molecule has 0 radical (unpaired) electrons. The van der Waals surface area contributed by atoms with E-state index in [0.717, 1.165) is 5.39 Å². The third kappa shape index (κ3) is 1.55. The first-order valence-electron chi connectivity index (χ1n) is 5.28. The molecule has 0 atom stereocenters. The van der Waals surface area contributed by atoms with Gasteiger partial charge in [-0.3, -0.25) is 14.8 Å². The Hall–Kier alpha value is -2.63. The van der Waals surface area contributed by atoms with Crippen molar-refractivity contribution in [3.8, 4) is 5.75 Å². The smallest absolute Gasteiger partial charge is 0.327 e. The van der Waals surface area contributed by atoms with Gasteiger partial charge in [-0.05, 0) is 18.2 Å². The van der Waals surface area contributed by atoms with E-state index < -0.39 is 11.2 Å². The molecule has 90 valence electrons. The first kappa shape index (κ1) is 10.5. The van der Waals surface area contributed by atoms with Crippen LogP contribution in [0.1, 0.15) is 0 Å². The SMILES string of the molecule is COc1ccc2cc3c(=O)[nH]c(=O)[nH]c3nc2c1. The Morgan fingerprint density at radius 3 is 2.78 bits per heavy atom. The Kier molecular flexibility index (Phi) is 2.16. The molecule has 2 aromatic heterocycles. The van der Waals surface area contributed by atoms with Crippen molar-refractivity contribution >= 4 is 21.9 Å². The van der Waals surface area contributed by atoms with Crippen LogP contribution < -0.4 is 16.0 Å². The van der Waals surface area contributed by atoms with Crippen LogP contribution in [0.15, 0.2) is 33.9 Å². The molecule has 1 aromatic carbocycles. The Morgan fingerprint density at radius 1 is 1.17 bits per heavy atom. The van der Waals surface area contributed by atoms with Crippen LogP contribution >= 0.6 is 0 Å². The van der Waals surface area contributed by atoms with E-state index in [-0.39, 0.29) is 5.65 Å². The van der Waals surface area contributed by atoms with Crippen LogP contribution in [0.2, 0.25) is 0 Å². The van der Waals surface area contributed by atoms with Gasteiger partial charge in [-0.2, -0.15) is 0 Å². The molecule has 0 fully saturated rings. The standard InChI is InChI=1S/C12H9N3O3/c1-18-7-3-2-6-4-8-10(13-9(6)5-7)14-12(17)15-11(8)16/h2-5H,1H3,(H2,13,14,15,16,17). The lowest BCUT2D eigenvalue weighted by Crippen LogP contribution is -2.22. The highest BCUT2D eigenvalue weighted by Gasteiger charge is 2.05. The van der Waals surface area contributed by atoms with Gasteiger partial charge >= 0.3 is 5.69 Å². The number of pyridine rings is 1. The molecule has 0 aliphatic carbocycles. The van der Waals surface area contributed by atoms with Crippen molar-refractivity contribution in [2.75, 3.05) is 7.11 Å². The first-order chi connectivity index (χ1) is 8.67. The maximum absolute atomic E-state index is 11.6. The molecule has 0 saturated heterocycles. The van der Waals surface area contributed by atoms with Crippen molar-refractivity contribution in [2.24, 2.45) is 0 Å². The first-order valence-corrected chi connectivity index (χ1v) is 5.28. The van der Waals surface area contributed by atoms with E-state index in [9.17, 15) is 9.59 Å². The summed E-state index contributed by atoms with van der Waals surface area (Å²) in [6.45, 7) is 0. The molecule has 2 heterocycles. The summed E-state index contributed by atoms with van der Waals surface area (Å²) >= 11 is 0. The molecule has 0 amide bonds. The van der Waals surface area contributed by atoms with Crippen molar-refractivity contribution in [1.29, 1.82) is 0 Å². The zero-order chi connectivity index (χ0) is 12.7. The van der Waals surface area contributed by atoms with Gasteiger partial charge in [-0.25, -0.2) is 9.78 Å². The molecule has 2 N–H and O–H groups in total. The van der Waals surface area contributed by atoms with Gasteiger partial charge < -0.3 is 4.74 Å². The largest absolute Gasteiger partial charge is 0.497 e. The lowest BCUT2D eigenvalue weighted by molar-refractivity contribution is 0.415. The van der Waals surface area contributed by atoms with Crippen LogP contribution in [0.4, 0.5) is 0 Å². The summed E-state index contributed by atoms with van der Waals surface area (Å²) in [5.74, 6) is 0.668. The number of H-pyrrole nitrogens is 2. The highest BCUT2D eigenvalue weighted by atomic mass is 16.5. The normalized spacial score (nSPS) is 10.9. The molecule has 0 unspecified atom stereocenters. The predicted molar refractivity (Wildman–Crippen MR) is 67.0 cm³/mol. The number of aromatic nitrogens is 3. The summed E-state index contributed by atoms with van der Waals surface area (Å²) in [7, 11) is 1.56. The summed E-state index contributed by atoms with van der Waals surface area (Å²) < 4.78 is 5.10. The fourth-order valence-electron chi connectivity index (χ4n) is 1.85. The molecule has 3 rings (SSSR count). The van der Waals surface area contributed by atoms with Crippen LogP contribution in [0.3, 0.4) is 0 Å². The molecule has 0 bridgehead atoms. The molecule has 0 aliphatic rings. The summed E-state index contributed by atoms with van der Waals surface area (Å²) in [6, 6.07) is 7.03. The second kappa shape index (κ2) is 3.69. The number of benzene rings is 1. The second-order valence-electron chi connectivity index (χ2n) is 3.85. The average molecular weight is 243 g/mol. The van der Waals surface area contributed by atoms with Gasteiger partial charge in [0.25, 0.3) is 5.56 Å². The van der Waals surface area contributed by atoms with Crippen molar-refractivity contribution in [3.05, 3.63) is 45.1 Å². The Labute approximate surface area is 100 Å². The molecule has 3 aromatic rings. The van der Waals surface area contributed by atoms with Gasteiger partial charge in [0.2, 0.25) is 0 Å². The maximum atomic E-state index is 11.6. The van der Waals surface area contributed by atoms with E-state index in [1.807, 2.05) is 6.07 Å². The van der Waals surface area contributed by atoms with Gasteiger partial charge in [-0.1, -0.05) is 0 Å². The molecule has 6 nitrogen and oxygen atoms in total. The van der Waals surface area contributed by atoms with Gasteiger partial charge in [0.05, 0.1) is 18.0 Å². The predicted octanol–water partition coefficient (Wildman–Crippen LogP) is 0.773. The molecule has 18 heavy (non-hydrogen) atoms. The molecular weight excluding hydrogens is 234 g/mol. The van der Waals surface area contributed by atoms with Crippen LogP contribution in [-0.2, 0) is 0 Å². The molecule has 0 aliphatic heterocycles. The maximum Gasteiger partial charge on any atom is 0.327 e. The number of nitrogens with one attached hydrogen (secondary N) is 2. The third-order valence-electron chi connectivity index (χ3n) is 2.73. The average Bonchev–Trinajstić information content (AvgIpc) is 2.36. The Morgan fingerprint density at radius 2 is 2.00 bits per heavy atom. The van der Waals surface area contributed by atoms with Crippen LogP contribution in [-0.4, -0.2) is 22.1 Å². The summed E-state index contributed by atoms with van der Waals surface area (Å²) in [4.78, 5) is 31.7. The molecule has 0 spiro atoms. The highest BCUT2D eigenvalue weighted by Crippen LogP contribution is 2.20. The minimum Gasteiger partial charge on any atom is -0.497 e. The minimum atomic E-state index is -0.567. The van der Waals surface area contributed by atoms with Gasteiger partial charge in [-0.15, -0.1) is 0 Å². The van der Waals surface area contributed by atoms with E-state index in [2.05, 4.69) is 15.0 Å². The Balaban J connectivity index is 2.47.